The summed E-state index contributed by atoms with van der Waals surface area (Å²) in [6.07, 6.45) is 1.83. The number of rotatable bonds is 4. The van der Waals surface area contributed by atoms with Gasteiger partial charge in [0, 0.05) is 18.5 Å². The van der Waals surface area contributed by atoms with Crippen LogP contribution in [0, 0.1) is 13.8 Å². The van der Waals surface area contributed by atoms with Crippen LogP contribution in [0.3, 0.4) is 0 Å². The van der Waals surface area contributed by atoms with Gasteiger partial charge in [0.25, 0.3) is 0 Å². The Kier molecular flexibility index (Phi) is 3.70. The molecule has 1 aliphatic rings. The van der Waals surface area contributed by atoms with Crippen molar-refractivity contribution in [2.45, 2.75) is 39.3 Å². The van der Waals surface area contributed by atoms with Crippen LogP contribution < -0.4 is 10.6 Å². The lowest BCUT2D eigenvalue weighted by Crippen LogP contribution is -2.41. The Morgan fingerprint density at radius 1 is 1.52 bits per heavy atom. The summed E-state index contributed by atoms with van der Waals surface area (Å²) in [6, 6.07) is 1.91. The Bertz CT molecular complexity index is 647. The zero-order valence-electron chi connectivity index (χ0n) is 12.1. The van der Waals surface area contributed by atoms with Gasteiger partial charge in [-0.15, -0.1) is 0 Å². The number of aryl methyl sites for hydroxylation is 3. The fourth-order valence-electron chi connectivity index (χ4n) is 2.44. The van der Waals surface area contributed by atoms with E-state index in [4.69, 9.17) is 4.52 Å². The monoisotopic (exact) mass is 290 g/mol. The van der Waals surface area contributed by atoms with Crippen LogP contribution in [0.2, 0.25) is 0 Å². The molecule has 0 aliphatic carbocycles. The maximum Gasteiger partial charge on any atom is 0.240 e. The summed E-state index contributed by atoms with van der Waals surface area (Å²) >= 11 is 0. The quantitative estimate of drug-likeness (QED) is 0.847. The molecule has 2 aromatic heterocycles. The average Bonchev–Trinajstić information content (AvgIpc) is 3.00. The van der Waals surface area contributed by atoms with Crippen molar-refractivity contribution in [3.8, 4) is 0 Å². The SMILES string of the molecule is Cc1cc(NC(=O)CNC2CCc3nc(C)nn3C2)on1. The molecule has 2 N–H and O–H groups in total. The highest BCUT2D eigenvalue weighted by Gasteiger charge is 2.21. The summed E-state index contributed by atoms with van der Waals surface area (Å²) in [5.41, 5.74) is 0.736. The van der Waals surface area contributed by atoms with Gasteiger partial charge in [-0.05, 0) is 20.3 Å². The molecule has 3 rings (SSSR count). The smallest absolute Gasteiger partial charge is 0.240 e. The molecule has 2 aromatic rings. The average molecular weight is 290 g/mol. The highest BCUT2D eigenvalue weighted by atomic mass is 16.5. The second-order valence-electron chi connectivity index (χ2n) is 5.25. The topological polar surface area (TPSA) is 97.9 Å². The first-order valence-electron chi connectivity index (χ1n) is 6.97. The number of amides is 1. The summed E-state index contributed by atoms with van der Waals surface area (Å²) in [5.74, 6) is 2.04. The molecule has 0 fully saturated rings. The highest BCUT2D eigenvalue weighted by molar-refractivity contribution is 5.90. The lowest BCUT2D eigenvalue weighted by Gasteiger charge is -2.23. The van der Waals surface area contributed by atoms with Gasteiger partial charge in [-0.1, -0.05) is 5.16 Å². The van der Waals surface area contributed by atoms with E-state index in [1.807, 2.05) is 11.6 Å². The lowest BCUT2D eigenvalue weighted by atomic mass is 10.1. The minimum absolute atomic E-state index is 0.147. The van der Waals surface area contributed by atoms with E-state index in [1.54, 1.807) is 13.0 Å². The summed E-state index contributed by atoms with van der Waals surface area (Å²) in [7, 11) is 0. The van der Waals surface area contributed by atoms with Crippen LogP contribution in [-0.4, -0.2) is 38.4 Å². The number of carbonyl (C=O) groups is 1. The fourth-order valence-corrected chi connectivity index (χ4v) is 2.44. The molecule has 1 amide bonds. The number of hydrogen-bond acceptors (Lipinski definition) is 6. The molecule has 8 heteroatoms. The number of nitrogens with one attached hydrogen (secondary N) is 2. The van der Waals surface area contributed by atoms with E-state index < -0.39 is 0 Å². The molecule has 0 bridgehead atoms. The van der Waals surface area contributed by atoms with Crippen molar-refractivity contribution in [1.82, 2.24) is 25.2 Å². The van der Waals surface area contributed by atoms with Crippen molar-refractivity contribution in [1.29, 1.82) is 0 Å². The molecule has 0 spiro atoms. The predicted molar refractivity (Wildman–Crippen MR) is 74.7 cm³/mol. The van der Waals surface area contributed by atoms with Crippen LogP contribution in [0.1, 0.15) is 23.8 Å². The third kappa shape index (κ3) is 3.27. The van der Waals surface area contributed by atoms with E-state index in [1.165, 1.54) is 0 Å². The third-order valence-electron chi connectivity index (χ3n) is 3.41. The molecule has 0 radical (unpaired) electrons. The van der Waals surface area contributed by atoms with E-state index in [9.17, 15) is 4.79 Å². The van der Waals surface area contributed by atoms with Gasteiger partial charge >= 0.3 is 0 Å². The molecule has 112 valence electrons. The van der Waals surface area contributed by atoms with E-state index in [0.29, 0.717) is 5.88 Å². The predicted octanol–water partition coefficient (Wildman–Crippen LogP) is 0.426. The van der Waals surface area contributed by atoms with Gasteiger partial charge < -0.3 is 9.84 Å². The van der Waals surface area contributed by atoms with Crippen LogP contribution in [0.25, 0.3) is 0 Å². The van der Waals surface area contributed by atoms with Crippen LogP contribution in [0.5, 0.6) is 0 Å². The standard InChI is InChI=1S/C13H18N6O2/c1-8-5-13(21-18-8)16-12(20)6-14-10-3-4-11-15-9(2)17-19(11)7-10/h5,10,14H,3-4,6-7H2,1-2H3,(H,16,20). The molecular weight excluding hydrogens is 272 g/mol. The zero-order valence-corrected chi connectivity index (χ0v) is 12.1. The van der Waals surface area contributed by atoms with Crippen molar-refractivity contribution < 1.29 is 9.32 Å². The van der Waals surface area contributed by atoms with Crippen molar-refractivity contribution >= 4 is 11.8 Å². The third-order valence-corrected chi connectivity index (χ3v) is 3.41. The van der Waals surface area contributed by atoms with Crippen LogP contribution >= 0.6 is 0 Å². The number of carbonyl (C=O) groups excluding carboxylic acids is 1. The van der Waals surface area contributed by atoms with Crippen LogP contribution in [0.15, 0.2) is 10.6 Å². The van der Waals surface area contributed by atoms with Gasteiger partial charge in [0.15, 0.2) is 0 Å². The molecule has 1 unspecified atom stereocenters. The van der Waals surface area contributed by atoms with Crippen molar-refractivity contribution in [2.24, 2.45) is 0 Å². The molecule has 8 nitrogen and oxygen atoms in total. The minimum Gasteiger partial charge on any atom is -0.338 e. The number of nitrogens with zero attached hydrogens (tertiary/aromatic N) is 4. The molecule has 0 saturated carbocycles. The largest absolute Gasteiger partial charge is 0.338 e. The van der Waals surface area contributed by atoms with Crippen LogP contribution in [0.4, 0.5) is 5.88 Å². The van der Waals surface area contributed by atoms with Gasteiger partial charge in [0.1, 0.15) is 11.6 Å². The Morgan fingerprint density at radius 2 is 2.38 bits per heavy atom. The first-order valence-corrected chi connectivity index (χ1v) is 6.97. The molecule has 1 aliphatic heterocycles. The number of hydrogen-bond donors (Lipinski definition) is 2. The summed E-state index contributed by atoms with van der Waals surface area (Å²) in [5, 5.41) is 14.0. The second kappa shape index (κ2) is 5.65. The van der Waals surface area contributed by atoms with E-state index in [-0.39, 0.29) is 18.5 Å². The molecular formula is C13H18N6O2. The number of fused-ring (bicyclic) bond motifs is 1. The van der Waals surface area contributed by atoms with E-state index >= 15 is 0 Å². The van der Waals surface area contributed by atoms with Gasteiger partial charge in [-0.25, -0.2) is 9.67 Å². The Balaban J connectivity index is 1.48. The summed E-state index contributed by atoms with van der Waals surface area (Å²) in [6.45, 7) is 4.66. The van der Waals surface area contributed by atoms with Gasteiger partial charge in [0.2, 0.25) is 11.8 Å². The van der Waals surface area contributed by atoms with Crippen molar-refractivity contribution in [3.05, 3.63) is 23.4 Å². The minimum atomic E-state index is -0.147. The Morgan fingerprint density at radius 3 is 3.14 bits per heavy atom. The number of anilines is 1. The van der Waals surface area contributed by atoms with Crippen molar-refractivity contribution in [3.63, 3.8) is 0 Å². The molecule has 0 saturated heterocycles. The fraction of sp³-hybridized carbons (Fsp3) is 0.538. The zero-order chi connectivity index (χ0) is 14.8. The van der Waals surface area contributed by atoms with E-state index in [2.05, 4.69) is 25.9 Å². The lowest BCUT2D eigenvalue weighted by molar-refractivity contribution is -0.115. The van der Waals surface area contributed by atoms with Gasteiger partial charge in [0.05, 0.1) is 18.8 Å². The van der Waals surface area contributed by atoms with Crippen molar-refractivity contribution in [2.75, 3.05) is 11.9 Å². The highest BCUT2D eigenvalue weighted by Crippen LogP contribution is 2.13. The molecule has 1 atom stereocenters. The van der Waals surface area contributed by atoms with Gasteiger partial charge in [-0.2, -0.15) is 5.10 Å². The molecule has 3 heterocycles. The Labute approximate surface area is 121 Å². The first kappa shape index (κ1) is 13.7. The maximum atomic E-state index is 11.8. The van der Waals surface area contributed by atoms with Gasteiger partial charge in [-0.3, -0.25) is 10.1 Å². The summed E-state index contributed by atoms with van der Waals surface area (Å²) < 4.78 is 6.85. The first-order chi connectivity index (χ1) is 10.1. The molecule has 0 aromatic carbocycles. The normalized spacial score (nSPS) is 17.5. The maximum absolute atomic E-state index is 11.8. The number of aromatic nitrogens is 4. The summed E-state index contributed by atoms with van der Waals surface area (Å²) in [4.78, 5) is 16.2. The Hall–Kier alpha value is -2.22. The molecule has 21 heavy (non-hydrogen) atoms. The van der Waals surface area contributed by atoms with Crippen LogP contribution in [-0.2, 0) is 17.8 Å². The van der Waals surface area contributed by atoms with E-state index in [0.717, 1.165) is 36.7 Å². The second-order valence-corrected chi connectivity index (χ2v) is 5.25.